The van der Waals surface area contributed by atoms with Gasteiger partial charge < -0.3 is 10.6 Å². The number of rotatable bonds is 7. The maximum absolute atomic E-state index is 13.1. The van der Waals surface area contributed by atoms with Crippen molar-refractivity contribution in [2.24, 2.45) is 5.73 Å². The van der Waals surface area contributed by atoms with E-state index in [1.165, 1.54) is 24.3 Å². The number of carbonyl (C=O) groups is 1. The monoisotopic (exact) mass is 473 g/mol. The molecule has 0 atom stereocenters. The van der Waals surface area contributed by atoms with Crippen molar-refractivity contribution in [2.75, 3.05) is 6.54 Å². The molecule has 0 radical (unpaired) electrons. The number of hydrogen-bond acceptors (Lipinski definition) is 7. The summed E-state index contributed by atoms with van der Waals surface area (Å²) in [6.07, 6.45) is -5.71. The molecule has 0 saturated carbocycles. The van der Waals surface area contributed by atoms with Crippen molar-refractivity contribution in [1.29, 1.82) is 0 Å². The van der Waals surface area contributed by atoms with Gasteiger partial charge in [0.05, 0.1) is 11.4 Å². The first-order chi connectivity index (χ1) is 15.5. The lowest BCUT2D eigenvalue weighted by Gasteiger charge is -2.06. The molecular weight excluding hydrogens is 457 g/mol. The van der Waals surface area contributed by atoms with Gasteiger partial charge in [-0.15, -0.1) is 0 Å². The molecule has 15 heteroatoms. The Morgan fingerprint density at radius 3 is 2.36 bits per heavy atom. The Kier molecular flexibility index (Phi) is 6.71. The van der Waals surface area contributed by atoms with Crippen molar-refractivity contribution in [3.8, 4) is 16.8 Å². The number of tetrazole rings is 1. The summed E-state index contributed by atoms with van der Waals surface area (Å²) in [5.41, 5.74) is 5.45. The highest BCUT2D eigenvalue weighted by molar-refractivity contribution is 5.75. The molecule has 3 rings (SSSR count). The maximum atomic E-state index is 13.1. The van der Waals surface area contributed by atoms with E-state index in [4.69, 9.17) is 5.73 Å². The second-order valence-electron chi connectivity index (χ2n) is 6.56. The molecule has 0 fully saturated rings. The third-order valence-corrected chi connectivity index (χ3v) is 4.44. The van der Waals surface area contributed by atoms with Crippen molar-refractivity contribution in [3.63, 3.8) is 0 Å². The summed E-state index contributed by atoms with van der Waals surface area (Å²) in [5.74, 6) is -2.64. The minimum absolute atomic E-state index is 0.0971. The van der Waals surface area contributed by atoms with Gasteiger partial charge in [-0.25, -0.2) is 9.59 Å². The Labute approximate surface area is 181 Å². The zero-order chi connectivity index (χ0) is 24.3. The third-order valence-electron chi connectivity index (χ3n) is 4.44. The van der Waals surface area contributed by atoms with E-state index >= 15 is 0 Å². The van der Waals surface area contributed by atoms with Gasteiger partial charge in [-0.05, 0) is 39.9 Å². The Bertz CT molecular complexity index is 1240. The molecule has 10 nitrogen and oxygen atoms in total. The van der Waals surface area contributed by atoms with E-state index in [1.54, 1.807) is 10.9 Å². The second kappa shape index (κ2) is 9.32. The zero-order valence-corrected chi connectivity index (χ0v) is 16.9. The lowest BCUT2D eigenvalue weighted by molar-refractivity contribution is -0.202. The Morgan fingerprint density at radius 2 is 1.82 bits per heavy atom. The van der Waals surface area contributed by atoms with Gasteiger partial charge >= 0.3 is 17.8 Å². The Balaban J connectivity index is 1.90. The van der Waals surface area contributed by atoms with E-state index in [-0.39, 0.29) is 29.1 Å². The highest BCUT2D eigenvalue weighted by Gasteiger charge is 2.42. The summed E-state index contributed by atoms with van der Waals surface area (Å²) in [6.45, 7) is 1.97. The van der Waals surface area contributed by atoms with Crippen LogP contribution in [0.15, 0.2) is 46.9 Å². The largest absolute Gasteiger partial charge is 0.493 e. The van der Waals surface area contributed by atoms with Crippen molar-refractivity contribution < 1.29 is 31.6 Å². The Morgan fingerprint density at radius 1 is 1.15 bits per heavy atom. The quantitative estimate of drug-likeness (QED) is 0.407. The van der Waals surface area contributed by atoms with Gasteiger partial charge in [-0.3, -0.25) is 4.68 Å². The van der Waals surface area contributed by atoms with Crippen molar-refractivity contribution in [3.05, 3.63) is 58.3 Å². The molecule has 2 heterocycles. The van der Waals surface area contributed by atoms with E-state index in [2.05, 4.69) is 20.4 Å². The normalized spacial score (nSPS) is 11.5. The first kappa shape index (κ1) is 23.8. The first-order valence-corrected chi connectivity index (χ1v) is 9.29. The number of aryl methyl sites for hydroxylation is 1. The number of benzene rings is 1. The number of alkyl halides is 3. The number of hydrogen-bond donors (Lipinski definition) is 1. The van der Waals surface area contributed by atoms with Crippen LogP contribution in [-0.4, -0.2) is 48.4 Å². The molecule has 3 aromatic rings. The van der Waals surface area contributed by atoms with Crippen LogP contribution in [0, 0.1) is 0 Å². The molecule has 2 aromatic heterocycles. The van der Waals surface area contributed by atoms with E-state index in [0.29, 0.717) is 28.0 Å². The molecule has 33 heavy (non-hydrogen) atoms. The zero-order valence-electron chi connectivity index (χ0n) is 16.9. The lowest BCUT2D eigenvalue weighted by atomic mass is 10.0. The molecule has 2 N–H and O–H groups in total. The highest BCUT2D eigenvalue weighted by Crippen LogP contribution is 2.27. The van der Waals surface area contributed by atoms with Crippen molar-refractivity contribution in [1.82, 2.24) is 29.7 Å². The van der Waals surface area contributed by atoms with Crippen LogP contribution in [0.25, 0.3) is 16.8 Å². The average molecular weight is 473 g/mol. The van der Waals surface area contributed by atoms with Crippen LogP contribution in [0.5, 0.6) is 0 Å². The number of carbonyl (C=O) groups excluding carboxylic acids is 1. The van der Waals surface area contributed by atoms with Crippen molar-refractivity contribution in [2.45, 2.75) is 26.1 Å². The number of nitrogens with zero attached hydrogens (tertiary/aromatic N) is 6. The smallest absolute Gasteiger partial charge is 0.327 e. The molecular formula is C18H16F5N7O3. The predicted molar refractivity (Wildman–Crippen MR) is 102 cm³/mol. The van der Waals surface area contributed by atoms with Crippen LogP contribution in [0.4, 0.5) is 22.0 Å². The summed E-state index contributed by atoms with van der Waals surface area (Å²) < 4.78 is 65.2. The number of nitrogens with two attached hydrogens (primary N) is 1. The molecule has 176 valence electrons. The average Bonchev–Trinajstić information content (AvgIpc) is 3.34. The fourth-order valence-corrected chi connectivity index (χ4v) is 2.78. The van der Waals surface area contributed by atoms with E-state index in [9.17, 15) is 31.5 Å². The van der Waals surface area contributed by atoms with Crippen LogP contribution >= 0.6 is 0 Å². The molecule has 0 saturated heterocycles. The van der Waals surface area contributed by atoms with Crippen LogP contribution in [0.2, 0.25) is 0 Å². The topological polar surface area (TPSA) is 123 Å². The summed E-state index contributed by atoms with van der Waals surface area (Å²) in [5, 5.41) is 10.8. The summed E-state index contributed by atoms with van der Waals surface area (Å²) in [6, 6.07) is 5.84. The SMILES string of the molecule is CCn1cc(-c2ccc(-n3nnn(OC(=O)C(F)(F)F)c3=O)cc2)c(CC(CN)=C(F)F)n1. The van der Waals surface area contributed by atoms with E-state index < -0.39 is 23.9 Å². The fourth-order valence-electron chi connectivity index (χ4n) is 2.78. The summed E-state index contributed by atoms with van der Waals surface area (Å²) in [7, 11) is 0. The first-order valence-electron chi connectivity index (χ1n) is 9.29. The predicted octanol–water partition coefficient (Wildman–Crippen LogP) is 1.48. The van der Waals surface area contributed by atoms with Gasteiger partial charge in [0.25, 0.3) is 6.08 Å². The molecule has 0 aliphatic heterocycles. The lowest BCUT2D eigenvalue weighted by Crippen LogP contribution is -2.39. The van der Waals surface area contributed by atoms with Gasteiger partial charge in [-0.1, -0.05) is 12.1 Å². The van der Waals surface area contributed by atoms with Gasteiger partial charge in [0, 0.05) is 36.8 Å². The van der Waals surface area contributed by atoms with Crippen LogP contribution in [-0.2, 0) is 17.8 Å². The van der Waals surface area contributed by atoms with Crippen LogP contribution in [0.3, 0.4) is 0 Å². The molecule has 1 aromatic carbocycles. The van der Waals surface area contributed by atoms with Gasteiger partial charge in [-0.2, -0.15) is 31.7 Å². The van der Waals surface area contributed by atoms with E-state index in [1.807, 2.05) is 6.92 Å². The third kappa shape index (κ3) is 5.14. The van der Waals surface area contributed by atoms with Gasteiger partial charge in [0.2, 0.25) is 0 Å². The van der Waals surface area contributed by atoms with Crippen LogP contribution < -0.4 is 16.3 Å². The molecule has 0 unspecified atom stereocenters. The summed E-state index contributed by atoms with van der Waals surface area (Å²) >= 11 is 0. The second-order valence-corrected chi connectivity index (χ2v) is 6.56. The number of aromatic nitrogens is 6. The standard InChI is InChI=1S/C18H16F5N7O3/c1-2-28-9-13(14(25-28)7-11(8-24)15(19)20)10-3-5-12(6-4-10)29-17(32)30(27-26-29)33-16(31)18(21,22)23/h3-6,9H,2,7-8,24H2,1H3. The number of halogens is 5. The van der Waals surface area contributed by atoms with Gasteiger partial charge in [0.15, 0.2) is 0 Å². The minimum atomic E-state index is -5.32. The van der Waals surface area contributed by atoms with Crippen LogP contribution in [0.1, 0.15) is 12.6 Å². The molecule has 0 bridgehead atoms. The van der Waals surface area contributed by atoms with Gasteiger partial charge in [0.1, 0.15) is 0 Å². The Hall–Kier alpha value is -3.88. The molecule has 0 aliphatic rings. The minimum Gasteiger partial charge on any atom is -0.327 e. The van der Waals surface area contributed by atoms with Crippen molar-refractivity contribution >= 4 is 5.97 Å². The fraction of sp³-hybridized carbons (Fsp3) is 0.278. The van der Waals surface area contributed by atoms with E-state index in [0.717, 1.165) is 0 Å². The summed E-state index contributed by atoms with van der Waals surface area (Å²) in [4.78, 5) is 26.7. The molecule has 0 spiro atoms. The maximum Gasteiger partial charge on any atom is 0.493 e. The molecule has 0 aliphatic carbocycles. The highest BCUT2D eigenvalue weighted by atomic mass is 19.4. The molecule has 0 amide bonds.